The van der Waals surface area contributed by atoms with Crippen LogP contribution in [-0.2, 0) is 10.2 Å². The number of nitrogens with zero attached hydrogens (tertiary/aromatic N) is 1. The highest BCUT2D eigenvalue weighted by molar-refractivity contribution is 5.92. The number of nitrogens with one attached hydrogen (secondary N) is 2. The first kappa shape index (κ1) is 17.8. The molecule has 1 spiro atoms. The van der Waals surface area contributed by atoms with Gasteiger partial charge in [0.2, 0.25) is 5.91 Å². The maximum atomic E-state index is 12.8. The van der Waals surface area contributed by atoms with E-state index in [1.54, 1.807) is 6.20 Å². The predicted molar refractivity (Wildman–Crippen MR) is 105 cm³/mol. The van der Waals surface area contributed by atoms with E-state index in [0.717, 1.165) is 32.4 Å². The number of benzene rings is 1. The van der Waals surface area contributed by atoms with Crippen LogP contribution in [0.3, 0.4) is 0 Å². The highest BCUT2D eigenvalue weighted by Gasteiger charge is 2.47. The molecule has 1 aliphatic carbocycles. The summed E-state index contributed by atoms with van der Waals surface area (Å²) in [4.78, 5) is 30.4. The Balaban J connectivity index is 1.54. The van der Waals surface area contributed by atoms with E-state index in [2.05, 4.69) is 28.5 Å². The van der Waals surface area contributed by atoms with Crippen LogP contribution in [0.5, 0.6) is 0 Å². The number of piperidine rings is 1. The van der Waals surface area contributed by atoms with E-state index in [-0.39, 0.29) is 29.2 Å². The lowest BCUT2D eigenvalue weighted by Gasteiger charge is -2.40. The van der Waals surface area contributed by atoms with Crippen molar-refractivity contribution in [2.24, 2.45) is 0 Å². The molecule has 1 aromatic heterocycles. The van der Waals surface area contributed by atoms with E-state index in [1.807, 2.05) is 36.9 Å². The van der Waals surface area contributed by atoms with Gasteiger partial charge in [-0.2, -0.15) is 0 Å². The number of hydrogen-bond donors (Lipinski definition) is 2. The summed E-state index contributed by atoms with van der Waals surface area (Å²) in [5.74, 6) is 0.101. The largest absolute Gasteiger partial charge is 0.357 e. The first-order chi connectivity index (χ1) is 13.0. The van der Waals surface area contributed by atoms with Crippen LogP contribution < -0.4 is 5.32 Å². The van der Waals surface area contributed by atoms with E-state index < -0.39 is 0 Å². The number of carbonyl (C=O) groups excluding carboxylic acids is 2. The van der Waals surface area contributed by atoms with Crippen molar-refractivity contribution in [1.82, 2.24) is 15.2 Å². The van der Waals surface area contributed by atoms with Gasteiger partial charge >= 0.3 is 0 Å². The van der Waals surface area contributed by atoms with Gasteiger partial charge in [-0.05, 0) is 56.4 Å². The minimum Gasteiger partial charge on any atom is -0.357 e. The Hall–Kier alpha value is -2.56. The maximum absolute atomic E-state index is 12.8. The van der Waals surface area contributed by atoms with Gasteiger partial charge < -0.3 is 15.2 Å². The lowest BCUT2D eigenvalue weighted by Crippen LogP contribution is -2.45. The summed E-state index contributed by atoms with van der Waals surface area (Å²) in [6.45, 7) is 5.45. The van der Waals surface area contributed by atoms with Gasteiger partial charge in [-0.3, -0.25) is 9.59 Å². The molecule has 4 rings (SSSR count). The van der Waals surface area contributed by atoms with Gasteiger partial charge in [0.05, 0.1) is 5.92 Å². The molecule has 0 saturated carbocycles. The molecular formula is C22H27N3O2. The highest BCUT2D eigenvalue weighted by Crippen LogP contribution is 2.51. The summed E-state index contributed by atoms with van der Waals surface area (Å²) in [6.07, 6.45) is 4.43. The van der Waals surface area contributed by atoms with Crippen LogP contribution in [0.15, 0.2) is 42.6 Å². The number of H-pyrrole nitrogens is 1. The van der Waals surface area contributed by atoms with Gasteiger partial charge in [-0.1, -0.05) is 24.3 Å². The van der Waals surface area contributed by atoms with Crippen molar-refractivity contribution >= 4 is 11.8 Å². The van der Waals surface area contributed by atoms with Crippen molar-refractivity contribution in [3.05, 3.63) is 59.4 Å². The number of amides is 2. The maximum Gasteiger partial charge on any atom is 0.270 e. The lowest BCUT2D eigenvalue weighted by molar-refractivity contribution is -0.123. The van der Waals surface area contributed by atoms with Crippen molar-refractivity contribution in [3.8, 4) is 0 Å². The Bertz CT molecular complexity index is 833. The van der Waals surface area contributed by atoms with E-state index in [0.29, 0.717) is 5.69 Å². The van der Waals surface area contributed by atoms with Crippen molar-refractivity contribution in [2.75, 3.05) is 13.1 Å². The Morgan fingerprint density at radius 2 is 1.89 bits per heavy atom. The molecule has 2 N–H and O–H groups in total. The third-order valence-corrected chi connectivity index (χ3v) is 6.09. The standard InChI is InChI=1S/C22H27N3O2/c1-15(2)24-20(26)17-14-22(18-7-4-3-6-16(17)18)9-12-25(13-10-22)21(27)19-8-5-11-23-19/h3-8,11,15,17,23H,9-10,12-14H2,1-2H3,(H,24,26). The van der Waals surface area contributed by atoms with Crippen LogP contribution in [0.1, 0.15) is 60.6 Å². The molecule has 1 aromatic carbocycles. The summed E-state index contributed by atoms with van der Waals surface area (Å²) in [7, 11) is 0. The topological polar surface area (TPSA) is 65.2 Å². The molecule has 2 aliphatic rings. The fraction of sp³-hybridized carbons (Fsp3) is 0.455. The Labute approximate surface area is 160 Å². The number of aromatic amines is 1. The van der Waals surface area contributed by atoms with Crippen LogP contribution in [0.2, 0.25) is 0 Å². The summed E-state index contributed by atoms with van der Waals surface area (Å²) in [5, 5.41) is 3.09. The van der Waals surface area contributed by atoms with Crippen molar-refractivity contribution < 1.29 is 9.59 Å². The second-order valence-electron chi connectivity index (χ2n) is 8.16. The summed E-state index contributed by atoms with van der Waals surface area (Å²) in [6, 6.07) is 12.2. The molecule has 2 heterocycles. The minimum absolute atomic E-state index is 0.00208. The first-order valence-corrected chi connectivity index (χ1v) is 9.83. The average molecular weight is 365 g/mol. The van der Waals surface area contributed by atoms with Gasteiger partial charge in [-0.15, -0.1) is 0 Å². The van der Waals surface area contributed by atoms with Gasteiger partial charge in [0.25, 0.3) is 5.91 Å². The number of hydrogen-bond acceptors (Lipinski definition) is 2. The molecule has 1 atom stereocenters. The van der Waals surface area contributed by atoms with Gasteiger partial charge in [0.15, 0.2) is 0 Å². The van der Waals surface area contributed by atoms with E-state index in [4.69, 9.17) is 0 Å². The third kappa shape index (κ3) is 3.15. The third-order valence-electron chi connectivity index (χ3n) is 6.09. The molecule has 5 heteroatoms. The molecule has 1 fully saturated rings. The number of rotatable bonds is 3. The zero-order valence-corrected chi connectivity index (χ0v) is 16.0. The number of likely N-dealkylation sites (tertiary alicyclic amines) is 1. The van der Waals surface area contributed by atoms with E-state index >= 15 is 0 Å². The van der Waals surface area contributed by atoms with Gasteiger partial charge in [0.1, 0.15) is 5.69 Å². The quantitative estimate of drug-likeness (QED) is 0.877. The van der Waals surface area contributed by atoms with Gasteiger partial charge in [0, 0.05) is 30.7 Å². The van der Waals surface area contributed by atoms with E-state index in [1.165, 1.54) is 11.1 Å². The second kappa shape index (κ2) is 6.87. The Kier molecular flexibility index (Phi) is 4.54. The van der Waals surface area contributed by atoms with Crippen molar-refractivity contribution in [3.63, 3.8) is 0 Å². The molecule has 2 aromatic rings. The highest BCUT2D eigenvalue weighted by atomic mass is 16.2. The summed E-state index contributed by atoms with van der Waals surface area (Å²) in [5.41, 5.74) is 3.12. The van der Waals surface area contributed by atoms with Crippen molar-refractivity contribution in [1.29, 1.82) is 0 Å². The molecular weight excluding hydrogens is 338 g/mol. The fourth-order valence-electron chi connectivity index (χ4n) is 4.76. The summed E-state index contributed by atoms with van der Waals surface area (Å²) >= 11 is 0. The molecule has 1 saturated heterocycles. The Morgan fingerprint density at radius 1 is 1.15 bits per heavy atom. The average Bonchev–Trinajstić information content (AvgIpc) is 3.29. The monoisotopic (exact) mass is 365 g/mol. The summed E-state index contributed by atoms with van der Waals surface area (Å²) < 4.78 is 0. The second-order valence-corrected chi connectivity index (χ2v) is 8.16. The molecule has 27 heavy (non-hydrogen) atoms. The molecule has 1 unspecified atom stereocenters. The van der Waals surface area contributed by atoms with Gasteiger partial charge in [-0.25, -0.2) is 0 Å². The van der Waals surface area contributed by atoms with Crippen molar-refractivity contribution in [2.45, 2.75) is 50.5 Å². The molecule has 142 valence electrons. The minimum atomic E-state index is -0.0886. The normalized spacial score (nSPS) is 20.7. The molecule has 2 amide bonds. The molecule has 0 bridgehead atoms. The SMILES string of the molecule is CC(C)NC(=O)C1CC2(CCN(C(=O)c3ccc[nH]3)CC2)c2ccccc21. The van der Waals surface area contributed by atoms with Crippen LogP contribution in [0, 0.1) is 0 Å². The molecule has 0 radical (unpaired) electrons. The predicted octanol–water partition coefficient (Wildman–Crippen LogP) is 3.20. The number of fused-ring (bicyclic) bond motifs is 2. The van der Waals surface area contributed by atoms with Crippen LogP contribution in [0.25, 0.3) is 0 Å². The van der Waals surface area contributed by atoms with Crippen LogP contribution >= 0.6 is 0 Å². The van der Waals surface area contributed by atoms with Crippen LogP contribution in [-0.4, -0.2) is 40.8 Å². The Morgan fingerprint density at radius 3 is 2.56 bits per heavy atom. The molecule has 5 nitrogen and oxygen atoms in total. The number of carbonyl (C=O) groups is 2. The zero-order valence-electron chi connectivity index (χ0n) is 16.0. The number of aromatic nitrogens is 1. The molecule has 1 aliphatic heterocycles. The first-order valence-electron chi connectivity index (χ1n) is 9.83. The smallest absolute Gasteiger partial charge is 0.270 e. The van der Waals surface area contributed by atoms with E-state index in [9.17, 15) is 9.59 Å². The van der Waals surface area contributed by atoms with Crippen LogP contribution in [0.4, 0.5) is 0 Å². The zero-order chi connectivity index (χ0) is 19.0. The fourth-order valence-corrected chi connectivity index (χ4v) is 4.76. The lowest BCUT2D eigenvalue weighted by atomic mass is 9.73.